The third-order valence-corrected chi connectivity index (χ3v) is 5.31. The molecule has 0 radical (unpaired) electrons. The number of aromatic nitrogens is 3. The molecule has 3 heterocycles. The van der Waals surface area contributed by atoms with Crippen LogP contribution in [0, 0.1) is 12.3 Å². The van der Waals surface area contributed by atoms with Crippen molar-refractivity contribution in [3.63, 3.8) is 0 Å². The Balaban J connectivity index is 2.01. The fraction of sp³-hybridized carbons (Fsp3) is 0.250. The van der Waals surface area contributed by atoms with Crippen molar-refractivity contribution in [2.45, 2.75) is 34.1 Å². The smallest absolute Gasteiger partial charge is 0.147 e. The van der Waals surface area contributed by atoms with Gasteiger partial charge in [0.1, 0.15) is 5.65 Å². The standard InChI is InChI=1S/C24H23N3/c1-15-20(14-24(2,3)4)26-23-18-10-7-11-25-22(18)19-12-16-8-5-6-9-17(16)13-21(19)27(15)23/h5-13H,14H2,1-4H3. The fourth-order valence-electron chi connectivity index (χ4n) is 4.10. The van der Waals surface area contributed by atoms with Gasteiger partial charge in [0.15, 0.2) is 0 Å². The molecule has 3 heteroatoms. The summed E-state index contributed by atoms with van der Waals surface area (Å²) in [7, 11) is 0. The first-order valence-electron chi connectivity index (χ1n) is 9.49. The van der Waals surface area contributed by atoms with E-state index in [4.69, 9.17) is 9.97 Å². The summed E-state index contributed by atoms with van der Waals surface area (Å²) >= 11 is 0. The number of rotatable bonds is 1. The normalized spacial score (nSPS) is 12.6. The van der Waals surface area contributed by atoms with Crippen LogP contribution in [-0.2, 0) is 6.42 Å². The van der Waals surface area contributed by atoms with Gasteiger partial charge in [-0.1, -0.05) is 45.0 Å². The van der Waals surface area contributed by atoms with Crippen LogP contribution < -0.4 is 0 Å². The zero-order valence-corrected chi connectivity index (χ0v) is 16.2. The summed E-state index contributed by atoms with van der Waals surface area (Å²) in [6.07, 6.45) is 2.83. The van der Waals surface area contributed by atoms with E-state index in [1.807, 2.05) is 12.3 Å². The molecule has 5 rings (SSSR count). The number of benzene rings is 2. The summed E-state index contributed by atoms with van der Waals surface area (Å²) in [6, 6.07) is 17.2. The Morgan fingerprint density at radius 2 is 1.67 bits per heavy atom. The average Bonchev–Trinajstić information content (AvgIpc) is 2.96. The van der Waals surface area contributed by atoms with Crippen LogP contribution in [0.25, 0.3) is 38.2 Å². The molecule has 0 N–H and O–H groups in total. The lowest BCUT2D eigenvalue weighted by atomic mass is 9.90. The number of hydrogen-bond acceptors (Lipinski definition) is 2. The maximum Gasteiger partial charge on any atom is 0.147 e. The third kappa shape index (κ3) is 2.49. The molecule has 3 nitrogen and oxygen atoms in total. The molecule has 2 aromatic carbocycles. The molecule has 0 aliphatic heterocycles. The molecule has 0 saturated heterocycles. The van der Waals surface area contributed by atoms with Crippen LogP contribution >= 0.6 is 0 Å². The van der Waals surface area contributed by atoms with Crippen LogP contribution in [0.4, 0.5) is 0 Å². The van der Waals surface area contributed by atoms with Crippen LogP contribution in [0.3, 0.4) is 0 Å². The summed E-state index contributed by atoms with van der Waals surface area (Å²) in [5.41, 5.74) is 5.81. The minimum Gasteiger partial charge on any atom is -0.296 e. The second kappa shape index (κ2) is 5.53. The lowest BCUT2D eigenvalue weighted by Gasteiger charge is -2.16. The predicted octanol–water partition coefficient (Wildman–Crippen LogP) is 6.09. The Labute approximate surface area is 158 Å². The van der Waals surface area contributed by atoms with Gasteiger partial charge < -0.3 is 0 Å². The minimum atomic E-state index is 0.194. The zero-order chi connectivity index (χ0) is 18.8. The van der Waals surface area contributed by atoms with Gasteiger partial charge in [0, 0.05) is 22.7 Å². The number of nitrogens with zero attached hydrogens (tertiary/aromatic N) is 3. The zero-order valence-electron chi connectivity index (χ0n) is 16.2. The molecule has 0 amide bonds. The summed E-state index contributed by atoms with van der Waals surface area (Å²) in [4.78, 5) is 9.81. The average molecular weight is 353 g/mol. The maximum absolute atomic E-state index is 5.08. The minimum absolute atomic E-state index is 0.194. The fourth-order valence-corrected chi connectivity index (χ4v) is 4.10. The van der Waals surface area contributed by atoms with Gasteiger partial charge in [-0.15, -0.1) is 0 Å². The van der Waals surface area contributed by atoms with E-state index in [2.05, 4.69) is 74.6 Å². The molecular formula is C24H23N3. The highest BCUT2D eigenvalue weighted by Gasteiger charge is 2.20. The molecule has 27 heavy (non-hydrogen) atoms. The van der Waals surface area contributed by atoms with Crippen molar-refractivity contribution >= 4 is 38.2 Å². The van der Waals surface area contributed by atoms with Gasteiger partial charge in [-0.25, -0.2) is 4.98 Å². The molecule has 0 unspecified atom stereocenters. The van der Waals surface area contributed by atoms with Gasteiger partial charge in [-0.3, -0.25) is 9.38 Å². The van der Waals surface area contributed by atoms with E-state index in [1.165, 1.54) is 33.1 Å². The van der Waals surface area contributed by atoms with Crippen LogP contribution in [0.15, 0.2) is 54.7 Å². The van der Waals surface area contributed by atoms with Crippen molar-refractivity contribution in [1.82, 2.24) is 14.4 Å². The lowest BCUT2D eigenvalue weighted by molar-refractivity contribution is 0.406. The maximum atomic E-state index is 5.08. The SMILES string of the molecule is Cc1c(CC(C)(C)C)nc2c3cccnc3c3cc4ccccc4cc3n12. The molecule has 0 atom stereocenters. The Morgan fingerprint density at radius 3 is 2.41 bits per heavy atom. The van der Waals surface area contributed by atoms with E-state index < -0.39 is 0 Å². The first-order chi connectivity index (χ1) is 12.9. The van der Waals surface area contributed by atoms with E-state index in [1.54, 1.807) is 0 Å². The number of aryl methyl sites for hydroxylation is 1. The molecular weight excluding hydrogens is 330 g/mol. The number of pyridine rings is 2. The molecule has 5 aromatic rings. The number of fused-ring (bicyclic) bond motifs is 7. The van der Waals surface area contributed by atoms with Crippen LogP contribution in [0.1, 0.15) is 32.2 Å². The third-order valence-electron chi connectivity index (χ3n) is 5.31. The topological polar surface area (TPSA) is 30.2 Å². The Morgan fingerprint density at radius 1 is 0.926 bits per heavy atom. The van der Waals surface area contributed by atoms with Crippen molar-refractivity contribution in [2.24, 2.45) is 5.41 Å². The van der Waals surface area contributed by atoms with Gasteiger partial charge in [0.2, 0.25) is 0 Å². The van der Waals surface area contributed by atoms with Crippen LogP contribution in [0.5, 0.6) is 0 Å². The van der Waals surface area contributed by atoms with E-state index in [0.717, 1.165) is 23.0 Å². The number of imidazole rings is 1. The summed E-state index contributed by atoms with van der Waals surface area (Å²) in [5, 5.41) is 4.78. The monoisotopic (exact) mass is 353 g/mol. The molecule has 134 valence electrons. The van der Waals surface area contributed by atoms with Gasteiger partial charge in [-0.2, -0.15) is 0 Å². The summed E-state index contributed by atoms with van der Waals surface area (Å²) in [5.74, 6) is 0. The summed E-state index contributed by atoms with van der Waals surface area (Å²) in [6.45, 7) is 8.99. The first-order valence-corrected chi connectivity index (χ1v) is 9.49. The Kier molecular flexibility index (Phi) is 3.33. The molecule has 0 fully saturated rings. The molecule has 0 saturated carbocycles. The molecule has 3 aromatic heterocycles. The second-order valence-electron chi connectivity index (χ2n) is 8.66. The predicted molar refractivity (Wildman–Crippen MR) is 113 cm³/mol. The highest BCUT2D eigenvalue weighted by atomic mass is 15.0. The van der Waals surface area contributed by atoms with Gasteiger partial charge in [0.05, 0.1) is 16.7 Å². The quantitative estimate of drug-likeness (QED) is 0.270. The number of hydrogen-bond donors (Lipinski definition) is 0. The summed E-state index contributed by atoms with van der Waals surface area (Å²) < 4.78 is 2.33. The van der Waals surface area contributed by atoms with Gasteiger partial charge >= 0.3 is 0 Å². The van der Waals surface area contributed by atoms with E-state index in [9.17, 15) is 0 Å². The van der Waals surface area contributed by atoms with Crippen LogP contribution in [-0.4, -0.2) is 14.4 Å². The van der Waals surface area contributed by atoms with Crippen molar-refractivity contribution in [3.8, 4) is 0 Å². The van der Waals surface area contributed by atoms with Crippen LogP contribution in [0.2, 0.25) is 0 Å². The van der Waals surface area contributed by atoms with Crippen molar-refractivity contribution in [1.29, 1.82) is 0 Å². The molecule has 0 aliphatic rings. The largest absolute Gasteiger partial charge is 0.296 e. The molecule has 0 spiro atoms. The van der Waals surface area contributed by atoms with E-state index >= 15 is 0 Å². The Bertz CT molecular complexity index is 1340. The molecule has 0 aliphatic carbocycles. The second-order valence-corrected chi connectivity index (χ2v) is 8.66. The Hall–Kier alpha value is -2.94. The highest BCUT2D eigenvalue weighted by Crippen LogP contribution is 2.33. The van der Waals surface area contributed by atoms with Crippen molar-refractivity contribution in [3.05, 3.63) is 66.1 Å². The van der Waals surface area contributed by atoms with Crippen molar-refractivity contribution in [2.75, 3.05) is 0 Å². The lowest BCUT2D eigenvalue weighted by Crippen LogP contribution is -2.10. The highest BCUT2D eigenvalue weighted by molar-refractivity contribution is 6.13. The van der Waals surface area contributed by atoms with Gasteiger partial charge in [0.25, 0.3) is 0 Å². The molecule has 0 bridgehead atoms. The van der Waals surface area contributed by atoms with Crippen molar-refractivity contribution < 1.29 is 0 Å². The van der Waals surface area contributed by atoms with E-state index in [-0.39, 0.29) is 5.41 Å². The first kappa shape index (κ1) is 16.2. The van der Waals surface area contributed by atoms with E-state index in [0.29, 0.717) is 0 Å². The van der Waals surface area contributed by atoms with Gasteiger partial charge in [-0.05, 0) is 53.8 Å².